The Kier molecular flexibility index (Phi) is 8.85. The molecule has 2 heterocycles. The first kappa shape index (κ1) is 25.5. The van der Waals surface area contributed by atoms with Gasteiger partial charge in [-0.25, -0.2) is 18.1 Å². The monoisotopic (exact) mass is 496 g/mol. The Morgan fingerprint density at radius 2 is 2.18 bits per heavy atom. The van der Waals surface area contributed by atoms with Gasteiger partial charge in [0, 0.05) is 12.4 Å². The minimum atomic E-state index is -3.70. The standard InChI is InChI=1S/C21H28N4O8S/c1-2-3-8-34(29,30)25-16(20(27)28)9-14-4-5-17-18(10-14)32-12-15(33-17)11-31-13-19(26)24-21-22-6-7-23-21/h4-7,10,15-16,25H,2-3,8-9,11-13H2,1H3,(H,27,28)(H2,22,23,24,26)/t15?,16-/m0/s1. The number of nitrogens with zero attached hydrogens (tertiary/aromatic N) is 1. The second-order valence-electron chi connectivity index (χ2n) is 7.72. The van der Waals surface area contributed by atoms with Crippen molar-refractivity contribution < 1.29 is 37.3 Å². The molecular formula is C21H28N4O8S. The number of aromatic nitrogens is 2. The summed E-state index contributed by atoms with van der Waals surface area (Å²) in [7, 11) is -3.70. The lowest BCUT2D eigenvalue weighted by Crippen LogP contribution is -2.43. The fourth-order valence-corrected chi connectivity index (χ4v) is 4.58. The van der Waals surface area contributed by atoms with E-state index in [0.717, 1.165) is 0 Å². The van der Waals surface area contributed by atoms with Gasteiger partial charge in [0.25, 0.3) is 5.91 Å². The number of imidazole rings is 1. The highest BCUT2D eigenvalue weighted by molar-refractivity contribution is 7.89. The third-order valence-electron chi connectivity index (χ3n) is 4.85. The van der Waals surface area contributed by atoms with E-state index in [2.05, 4.69) is 20.0 Å². The van der Waals surface area contributed by atoms with Crippen LogP contribution in [0.4, 0.5) is 5.95 Å². The molecule has 0 bridgehead atoms. The van der Waals surface area contributed by atoms with Crippen LogP contribution in [0, 0.1) is 0 Å². The zero-order valence-electron chi connectivity index (χ0n) is 18.7. The highest BCUT2D eigenvalue weighted by Gasteiger charge is 2.26. The Labute approximate surface area is 197 Å². The highest BCUT2D eigenvalue weighted by Crippen LogP contribution is 2.33. The van der Waals surface area contributed by atoms with Gasteiger partial charge in [-0.2, -0.15) is 0 Å². The summed E-state index contributed by atoms with van der Waals surface area (Å²) >= 11 is 0. The van der Waals surface area contributed by atoms with Crippen molar-refractivity contribution in [3.63, 3.8) is 0 Å². The SMILES string of the molecule is CCCCS(=O)(=O)N[C@@H](Cc1ccc2c(c1)OCC(COCC(=O)Nc1ncc[nH]1)O2)C(=O)O. The van der Waals surface area contributed by atoms with Gasteiger partial charge in [-0.3, -0.25) is 14.9 Å². The van der Waals surface area contributed by atoms with Crippen molar-refractivity contribution >= 4 is 27.8 Å². The number of benzene rings is 1. The largest absolute Gasteiger partial charge is 0.486 e. The lowest BCUT2D eigenvalue weighted by molar-refractivity contribution is -0.138. The number of aromatic amines is 1. The quantitative estimate of drug-likeness (QED) is 0.315. The van der Waals surface area contributed by atoms with Crippen LogP contribution in [0.1, 0.15) is 25.3 Å². The number of hydrogen-bond donors (Lipinski definition) is 4. The number of carbonyl (C=O) groups is 2. The molecule has 12 nitrogen and oxygen atoms in total. The summed E-state index contributed by atoms with van der Waals surface area (Å²) in [6.07, 6.45) is 3.75. The predicted molar refractivity (Wildman–Crippen MR) is 121 cm³/mol. The van der Waals surface area contributed by atoms with Crippen LogP contribution in [-0.2, 0) is 30.8 Å². The van der Waals surface area contributed by atoms with Gasteiger partial charge < -0.3 is 24.3 Å². The number of fused-ring (bicyclic) bond motifs is 1. The first-order valence-electron chi connectivity index (χ1n) is 10.8. The van der Waals surface area contributed by atoms with Crippen molar-refractivity contribution in [3.8, 4) is 11.5 Å². The van der Waals surface area contributed by atoms with Gasteiger partial charge >= 0.3 is 5.97 Å². The molecule has 2 atom stereocenters. The number of H-pyrrole nitrogens is 1. The van der Waals surface area contributed by atoms with Crippen molar-refractivity contribution in [1.29, 1.82) is 0 Å². The average Bonchev–Trinajstić information content (AvgIpc) is 3.30. The van der Waals surface area contributed by atoms with E-state index in [9.17, 15) is 23.1 Å². The Morgan fingerprint density at radius 1 is 1.35 bits per heavy atom. The van der Waals surface area contributed by atoms with Gasteiger partial charge in [0.2, 0.25) is 16.0 Å². The van der Waals surface area contributed by atoms with Crippen LogP contribution in [-0.4, -0.2) is 73.1 Å². The summed E-state index contributed by atoms with van der Waals surface area (Å²) in [6, 6.07) is 3.61. The first-order chi connectivity index (χ1) is 16.3. The molecular weight excluding hydrogens is 468 g/mol. The lowest BCUT2D eigenvalue weighted by Gasteiger charge is -2.27. The molecule has 34 heavy (non-hydrogen) atoms. The van der Waals surface area contributed by atoms with Gasteiger partial charge in [0.1, 0.15) is 19.3 Å². The number of amides is 1. The minimum Gasteiger partial charge on any atom is -0.486 e. The molecule has 0 saturated carbocycles. The van der Waals surface area contributed by atoms with E-state index in [1.54, 1.807) is 24.4 Å². The molecule has 0 radical (unpaired) electrons. The van der Waals surface area contributed by atoms with Gasteiger partial charge in [0.15, 0.2) is 17.6 Å². The number of hydrogen-bond acceptors (Lipinski definition) is 8. The number of carbonyl (C=O) groups excluding carboxylic acids is 1. The number of aliphatic carboxylic acids is 1. The molecule has 4 N–H and O–H groups in total. The summed E-state index contributed by atoms with van der Waals surface area (Å²) < 4.78 is 43.4. The fourth-order valence-electron chi connectivity index (χ4n) is 3.18. The van der Waals surface area contributed by atoms with Crippen molar-refractivity contribution in [2.45, 2.75) is 38.3 Å². The third kappa shape index (κ3) is 7.71. The smallest absolute Gasteiger partial charge is 0.322 e. The summed E-state index contributed by atoms with van der Waals surface area (Å²) in [5.74, 6) is -0.559. The summed E-state index contributed by atoms with van der Waals surface area (Å²) in [6.45, 7) is 1.96. The van der Waals surface area contributed by atoms with E-state index in [0.29, 0.717) is 35.9 Å². The summed E-state index contributed by atoms with van der Waals surface area (Å²) in [4.78, 5) is 30.0. The molecule has 0 spiro atoms. The summed E-state index contributed by atoms with van der Waals surface area (Å²) in [5, 5.41) is 12.0. The number of rotatable bonds is 13. The van der Waals surface area contributed by atoms with E-state index < -0.39 is 28.1 Å². The second-order valence-corrected chi connectivity index (χ2v) is 9.59. The zero-order chi connectivity index (χ0) is 24.6. The number of ether oxygens (including phenoxy) is 3. The number of unbranched alkanes of at least 4 members (excludes halogenated alkanes) is 1. The maximum Gasteiger partial charge on any atom is 0.322 e. The Morgan fingerprint density at radius 3 is 2.88 bits per heavy atom. The van der Waals surface area contributed by atoms with Gasteiger partial charge in [-0.1, -0.05) is 19.4 Å². The predicted octanol–water partition coefficient (Wildman–Crippen LogP) is 0.920. The van der Waals surface area contributed by atoms with Gasteiger partial charge in [0.05, 0.1) is 12.4 Å². The molecule has 1 unspecified atom stereocenters. The van der Waals surface area contributed by atoms with Crippen molar-refractivity contribution in [3.05, 3.63) is 36.2 Å². The summed E-state index contributed by atoms with van der Waals surface area (Å²) in [5.41, 5.74) is 0.581. The van der Waals surface area contributed by atoms with E-state index in [4.69, 9.17) is 14.2 Å². The van der Waals surface area contributed by atoms with E-state index in [1.165, 1.54) is 6.20 Å². The molecule has 3 rings (SSSR count). The van der Waals surface area contributed by atoms with Crippen molar-refractivity contribution in [1.82, 2.24) is 14.7 Å². The topological polar surface area (TPSA) is 169 Å². The molecule has 1 amide bonds. The number of carboxylic acid groups (broad SMARTS) is 1. The molecule has 1 aromatic heterocycles. The van der Waals surface area contributed by atoms with Crippen LogP contribution in [0.5, 0.6) is 11.5 Å². The highest BCUT2D eigenvalue weighted by atomic mass is 32.2. The van der Waals surface area contributed by atoms with Crippen molar-refractivity contribution in [2.24, 2.45) is 0 Å². The Bertz CT molecular complexity index is 1070. The first-order valence-corrected chi connectivity index (χ1v) is 12.4. The van der Waals surface area contributed by atoms with Crippen LogP contribution >= 0.6 is 0 Å². The fraction of sp³-hybridized carbons (Fsp3) is 0.476. The molecule has 186 valence electrons. The van der Waals surface area contributed by atoms with E-state index >= 15 is 0 Å². The molecule has 1 aliphatic rings. The van der Waals surface area contributed by atoms with Crippen LogP contribution in [0.15, 0.2) is 30.6 Å². The minimum absolute atomic E-state index is 0.0470. The molecule has 0 fully saturated rings. The molecule has 0 saturated heterocycles. The van der Waals surface area contributed by atoms with Crippen molar-refractivity contribution in [2.75, 3.05) is 30.9 Å². The Balaban J connectivity index is 1.50. The second kappa shape index (κ2) is 11.8. The van der Waals surface area contributed by atoms with Crippen LogP contribution < -0.4 is 19.5 Å². The molecule has 13 heteroatoms. The normalized spacial score (nSPS) is 16.1. The van der Waals surface area contributed by atoms with Crippen LogP contribution in [0.25, 0.3) is 0 Å². The lowest BCUT2D eigenvalue weighted by atomic mass is 10.1. The van der Waals surface area contributed by atoms with E-state index in [1.807, 2.05) is 6.92 Å². The number of anilines is 1. The average molecular weight is 497 g/mol. The molecule has 2 aromatic rings. The maximum absolute atomic E-state index is 12.1. The molecule has 0 aliphatic carbocycles. The maximum atomic E-state index is 12.1. The van der Waals surface area contributed by atoms with Gasteiger partial charge in [-0.05, 0) is 30.5 Å². The molecule has 1 aliphatic heterocycles. The Hall–Kier alpha value is -3.16. The zero-order valence-corrected chi connectivity index (χ0v) is 19.5. The van der Waals surface area contributed by atoms with E-state index in [-0.39, 0.29) is 37.9 Å². The number of carboxylic acids is 1. The van der Waals surface area contributed by atoms with Crippen LogP contribution in [0.3, 0.4) is 0 Å². The molecule has 1 aromatic carbocycles. The third-order valence-corrected chi connectivity index (χ3v) is 6.32. The number of nitrogens with one attached hydrogen (secondary N) is 3. The van der Waals surface area contributed by atoms with Gasteiger partial charge in [-0.15, -0.1) is 0 Å². The van der Waals surface area contributed by atoms with Crippen LogP contribution in [0.2, 0.25) is 0 Å². The number of sulfonamides is 1.